The molecule has 1 aromatic heterocycles. The van der Waals surface area contributed by atoms with E-state index in [1.165, 1.54) is 30.0 Å². The molecule has 1 aromatic rings. The van der Waals surface area contributed by atoms with E-state index in [1.54, 1.807) is 11.3 Å². The van der Waals surface area contributed by atoms with E-state index in [0.29, 0.717) is 0 Å². The van der Waals surface area contributed by atoms with Gasteiger partial charge in [0, 0.05) is 11.4 Å². The average Bonchev–Trinajstić information content (AvgIpc) is 2.86. The fourth-order valence-corrected chi connectivity index (χ4v) is 2.18. The van der Waals surface area contributed by atoms with Crippen molar-refractivity contribution in [1.82, 2.24) is 10.3 Å². The molecule has 0 saturated heterocycles. The van der Waals surface area contributed by atoms with Crippen LogP contribution in [0.25, 0.3) is 0 Å². The first kappa shape index (κ1) is 9.16. The zero-order valence-electron chi connectivity index (χ0n) is 8.05. The van der Waals surface area contributed by atoms with Gasteiger partial charge in [0.2, 0.25) is 0 Å². The van der Waals surface area contributed by atoms with Crippen LogP contribution in [0.2, 0.25) is 0 Å². The number of aryl methyl sites for hydroxylation is 1. The highest BCUT2D eigenvalue weighted by atomic mass is 32.1. The molecule has 13 heavy (non-hydrogen) atoms. The maximum absolute atomic E-state index is 4.23. The molecule has 0 aliphatic heterocycles. The molecule has 0 spiro atoms. The summed E-state index contributed by atoms with van der Waals surface area (Å²) in [6.07, 6.45) is 4.02. The van der Waals surface area contributed by atoms with Gasteiger partial charge in [0.05, 0.1) is 11.2 Å². The van der Waals surface area contributed by atoms with E-state index >= 15 is 0 Å². The molecule has 1 saturated carbocycles. The summed E-state index contributed by atoms with van der Waals surface area (Å²) in [4.78, 5) is 5.67. The smallest absolute Gasteiger partial charge is 0.0797 e. The molecule has 2 rings (SSSR count). The highest BCUT2D eigenvalue weighted by Gasteiger charge is 2.19. The Kier molecular flexibility index (Phi) is 2.96. The van der Waals surface area contributed by atoms with Crippen molar-refractivity contribution in [2.24, 2.45) is 5.92 Å². The predicted molar refractivity (Wildman–Crippen MR) is 56.1 cm³/mol. The first-order chi connectivity index (χ1) is 6.36. The molecule has 0 unspecified atom stereocenters. The van der Waals surface area contributed by atoms with Crippen LogP contribution in [-0.2, 0) is 6.42 Å². The Hall–Kier alpha value is -0.410. The second kappa shape index (κ2) is 4.20. The molecule has 1 heterocycles. The van der Waals surface area contributed by atoms with Crippen molar-refractivity contribution >= 4 is 11.3 Å². The Balaban J connectivity index is 1.64. The van der Waals surface area contributed by atoms with Crippen LogP contribution < -0.4 is 5.32 Å². The maximum Gasteiger partial charge on any atom is 0.0797 e. The third kappa shape index (κ3) is 2.78. The van der Waals surface area contributed by atoms with Crippen LogP contribution in [0.1, 0.15) is 23.4 Å². The minimum absolute atomic E-state index is 0.988. The molecule has 1 aliphatic carbocycles. The Morgan fingerprint density at radius 3 is 3.08 bits per heavy atom. The van der Waals surface area contributed by atoms with Crippen LogP contribution in [0.15, 0.2) is 5.51 Å². The fraction of sp³-hybridized carbons (Fsp3) is 0.700. The lowest BCUT2D eigenvalue weighted by molar-refractivity contribution is 0.638. The van der Waals surface area contributed by atoms with Gasteiger partial charge in [-0.2, -0.15) is 0 Å². The Bertz CT molecular complexity index is 266. The number of hydrogen-bond donors (Lipinski definition) is 1. The van der Waals surface area contributed by atoms with E-state index in [4.69, 9.17) is 0 Å². The third-order valence-corrected chi connectivity index (χ3v) is 3.50. The summed E-state index contributed by atoms with van der Waals surface area (Å²) in [5.74, 6) is 0.988. The number of aromatic nitrogens is 1. The number of rotatable bonds is 5. The van der Waals surface area contributed by atoms with Gasteiger partial charge in [-0.05, 0) is 38.6 Å². The van der Waals surface area contributed by atoms with Crippen molar-refractivity contribution in [1.29, 1.82) is 0 Å². The molecule has 1 aliphatic rings. The number of thiazole rings is 1. The lowest BCUT2D eigenvalue weighted by Crippen LogP contribution is -2.19. The topological polar surface area (TPSA) is 24.9 Å². The van der Waals surface area contributed by atoms with E-state index < -0.39 is 0 Å². The van der Waals surface area contributed by atoms with E-state index in [-0.39, 0.29) is 0 Å². The molecule has 0 amide bonds. The first-order valence-corrected chi connectivity index (χ1v) is 5.84. The summed E-state index contributed by atoms with van der Waals surface area (Å²) in [6.45, 7) is 4.42. The minimum Gasteiger partial charge on any atom is -0.316 e. The highest BCUT2D eigenvalue weighted by Crippen LogP contribution is 2.27. The van der Waals surface area contributed by atoms with Gasteiger partial charge in [0.15, 0.2) is 0 Å². The molecule has 72 valence electrons. The molecule has 0 bridgehead atoms. The van der Waals surface area contributed by atoms with Gasteiger partial charge in [-0.15, -0.1) is 11.3 Å². The Morgan fingerprint density at radius 2 is 2.46 bits per heavy atom. The molecule has 1 N–H and O–H groups in total. The summed E-state index contributed by atoms with van der Waals surface area (Å²) in [7, 11) is 0. The van der Waals surface area contributed by atoms with Gasteiger partial charge in [0.25, 0.3) is 0 Å². The third-order valence-electron chi connectivity index (χ3n) is 2.50. The normalized spacial score (nSPS) is 16.4. The zero-order chi connectivity index (χ0) is 9.10. The van der Waals surface area contributed by atoms with Crippen LogP contribution in [0, 0.1) is 12.8 Å². The number of nitrogens with zero attached hydrogens (tertiary/aromatic N) is 1. The second-order valence-electron chi connectivity index (χ2n) is 3.76. The lowest BCUT2D eigenvalue weighted by atomic mass is 10.3. The summed E-state index contributed by atoms with van der Waals surface area (Å²) < 4.78 is 0. The summed E-state index contributed by atoms with van der Waals surface area (Å²) >= 11 is 1.77. The summed E-state index contributed by atoms with van der Waals surface area (Å²) in [5.41, 5.74) is 3.14. The van der Waals surface area contributed by atoms with Gasteiger partial charge in [0.1, 0.15) is 0 Å². The van der Waals surface area contributed by atoms with Gasteiger partial charge in [-0.1, -0.05) is 0 Å². The van der Waals surface area contributed by atoms with Crippen molar-refractivity contribution in [3.05, 3.63) is 16.1 Å². The van der Waals surface area contributed by atoms with Crippen LogP contribution in [0.4, 0.5) is 0 Å². The van der Waals surface area contributed by atoms with E-state index in [9.17, 15) is 0 Å². The predicted octanol–water partition coefficient (Wildman–Crippen LogP) is 1.99. The van der Waals surface area contributed by atoms with Crippen molar-refractivity contribution in [3.63, 3.8) is 0 Å². The monoisotopic (exact) mass is 196 g/mol. The lowest BCUT2D eigenvalue weighted by Gasteiger charge is -2.01. The zero-order valence-corrected chi connectivity index (χ0v) is 8.86. The number of nitrogens with one attached hydrogen (secondary N) is 1. The molecule has 3 heteroatoms. The van der Waals surface area contributed by atoms with E-state index in [0.717, 1.165) is 18.9 Å². The van der Waals surface area contributed by atoms with Crippen LogP contribution in [0.5, 0.6) is 0 Å². The van der Waals surface area contributed by atoms with E-state index in [1.807, 2.05) is 5.51 Å². The summed E-state index contributed by atoms with van der Waals surface area (Å²) in [6, 6.07) is 0. The van der Waals surface area contributed by atoms with Gasteiger partial charge >= 0.3 is 0 Å². The highest BCUT2D eigenvalue weighted by molar-refractivity contribution is 7.09. The molecule has 1 fully saturated rings. The molecular weight excluding hydrogens is 180 g/mol. The van der Waals surface area contributed by atoms with E-state index in [2.05, 4.69) is 17.2 Å². The molecule has 0 aromatic carbocycles. The standard InChI is InChI=1S/C10H16N2S/c1-8-10(13-7-12-8)4-5-11-6-9-2-3-9/h7,9,11H,2-6H2,1H3. The van der Waals surface area contributed by atoms with Gasteiger partial charge in [-0.25, -0.2) is 4.98 Å². The molecule has 0 atom stereocenters. The van der Waals surface area contributed by atoms with Crippen LogP contribution in [0.3, 0.4) is 0 Å². The SMILES string of the molecule is Cc1ncsc1CCNCC1CC1. The van der Waals surface area contributed by atoms with Crippen molar-refractivity contribution in [2.45, 2.75) is 26.2 Å². The molecule has 2 nitrogen and oxygen atoms in total. The minimum atomic E-state index is 0.988. The second-order valence-corrected chi connectivity index (χ2v) is 4.70. The summed E-state index contributed by atoms with van der Waals surface area (Å²) in [5, 5.41) is 3.49. The van der Waals surface area contributed by atoms with Gasteiger partial charge in [-0.3, -0.25) is 0 Å². The van der Waals surface area contributed by atoms with Crippen LogP contribution in [-0.4, -0.2) is 18.1 Å². The molecular formula is C10H16N2S. The van der Waals surface area contributed by atoms with Crippen molar-refractivity contribution in [2.75, 3.05) is 13.1 Å². The van der Waals surface area contributed by atoms with Crippen molar-refractivity contribution < 1.29 is 0 Å². The van der Waals surface area contributed by atoms with Crippen molar-refractivity contribution in [3.8, 4) is 0 Å². The largest absolute Gasteiger partial charge is 0.316 e. The average molecular weight is 196 g/mol. The number of hydrogen-bond acceptors (Lipinski definition) is 3. The maximum atomic E-state index is 4.23. The quantitative estimate of drug-likeness (QED) is 0.729. The first-order valence-electron chi connectivity index (χ1n) is 4.96. The Morgan fingerprint density at radius 1 is 1.62 bits per heavy atom. The molecule has 0 radical (unpaired) electrons. The van der Waals surface area contributed by atoms with Gasteiger partial charge < -0.3 is 5.32 Å². The fourth-order valence-electron chi connectivity index (χ4n) is 1.40. The Labute approximate surface area is 83.4 Å². The van der Waals surface area contributed by atoms with Crippen LogP contribution >= 0.6 is 11.3 Å².